The zero-order chi connectivity index (χ0) is 13.7. The fourth-order valence-corrected chi connectivity index (χ4v) is 2.20. The van der Waals surface area contributed by atoms with Crippen LogP contribution in [0.2, 0.25) is 0 Å². The van der Waals surface area contributed by atoms with Crippen molar-refractivity contribution < 1.29 is 4.79 Å². The minimum atomic E-state index is -0.111. The van der Waals surface area contributed by atoms with Crippen molar-refractivity contribution in [2.45, 2.75) is 11.4 Å². The Kier molecular flexibility index (Phi) is 4.51. The fourth-order valence-electron chi connectivity index (χ4n) is 1.66. The molecule has 100 valence electrons. The number of rotatable bonds is 5. The molecule has 2 rings (SSSR count). The lowest BCUT2D eigenvalue weighted by atomic mass is 10.2. The molecule has 0 spiro atoms. The molecule has 6 nitrogen and oxygen atoms in total. The van der Waals surface area contributed by atoms with Gasteiger partial charge < -0.3 is 5.32 Å². The Morgan fingerprint density at radius 1 is 1.47 bits per heavy atom. The van der Waals surface area contributed by atoms with Gasteiger partial charge in [-0.1, -0.05) is 0 Å². The van der Waals surface area contributed by atoms with Crippen LogP contribution in [0.15, 0.2) is 29.7 Å². The van der Waals surface area contributed by atoms with Crippen molar-refractivity contribution in [2.24, 2.45) is 7.05 Å². The molecule has 0 aliphatic carbocycles. The summed E-state index contributed by atoms with van der Waals surface area (Å²) in [6.45, 7) is 0.522. The summed E-state index contributed by atoms with van der Waals surface area (Å²) in [5.41, 5.74) is 0.605. The van der Waals surface area contributed by atoms with Gasteiger partial charge in [-0.25, -0.2) is 9.97 Å². The van der Waals surface area contributed by atoms with Gasteiger partial charge in [0.1, 0.15) is 17.2 Å². The quantitative estimate of drug-likeness (QED) is 0.822. The van der Waals surface area contributed by atoms with Gasteiger partial charge in [-0.3, -0.25) is 9.48 Å². The second kappa shape index (κ2) is 6.33. The van der Waals surface area contributed by atoms with E-state index >= 15 is 0 Å². The Balaban J connectivity index is 1.93. The summed E-state index contributed by atoms with van der Waals surface area (Å²) in [6, 6.07) is 3.54. The largest absolute Gasteiger partial charge is 0.352 e. The van der Waals surface area contributed by atoms with E-state index in [2.05, 4.69) is 20.4 Å². The highest BCUT2D eigenvalue weighted by Crippen LogP contribution is 2.16. The molecule has 2 aromatic heterocycles. The van der Waals surface area contributed by atoms with E-state index in [1.54, 1.807) is 23.0 Å². The van der Waals surface area contributed by atoms with E-state index in [1.807, 2.05) is 13.3 Å². The Bertz CT molecular complexity index is 569. The van der Waals surface area contributed by atoms with Crippen LogP contribution >= 0.6 is 11.8 Å². The van der Waals surface area contributed by atoms with Crippen LogP contribution in [0.1, 0.15) is 16.2 Å². The molecular formula is C12H15N5OS. The normalized spacial score (nSPS) is 10.4. The number of pyridine rings is 1. The summed E-state index contributed by atoms with van der Waals surface area (Å²) < 4.78 is 1.70. The molecule has 0 aromatic carbocycles. The molecule has 0 saturated heterocycles. The summed E-state index contributed by atoms with van der Waals surface area (Å²) in [6.07, 6.45) is 5.74. The first-order valence-corrected chi connectivity index (χ1v) is 7.05. The predicted octanol–water partition coefficient (Wildman–Crippen LogP) is 0.904. The first-order valence-electron chi connectivity index (χ1n) is 5.82. The van der Waals surface area contributed by atoms with Crippen LogP contribution in [-0.2, 0) is 13.5 Å². The summed E-state index contributed by atoms with van der Waals surface area (Å²) in [5, 5.41) is 7.58. The number of carbonyl (C=O) groups excluding carboxylic acids is 1. The van der Waals surface area contributed by atoms with Crippen LogP contribution in [0.4, 0.5) is 0 Å². The molecule has 1 amide bonds. The van der Waals surface area contributed by atoms with Crippen molar-refractivity contribution in [2.75, 3.05) is 12.8 Å². The second-order valence-corrected chi connectivity index (χ2v) is 4.66. The highest BCUT2D eigenvalue weighted by Gasteiger charge is 2.11. The van der Waals surface area contributed by atoms with Gasteiger partial charge in [0.05, 0.1) is 5.56 Å². The first kappa shape index (κ1) is 13.5. The van der Waals surface area contributed by atoms with Gasteiger partial charge in [0.25, 0.3) is 5.91 Å². The zero-order valence-corrected chi connectivity index (χ0v) is 11.6. The Labute approximate surface area is 115 Å². The Morgan fingerprint density at radius 3 is 3.00 bits per heavy atom. The molecule has 19 heavy (non-hydrogen) atoms. The molecule has 0 atom stereocenters. The first-order chi connectivity index (χ1) is 9.22. The molecule has 0 bridgehead atoms. The average Bonchev–Trinajstić information content (AvgIpc) is 2.84. The second-order valence-electron chi connectivity index (χ2n) is 3.87. The highest BCUT2D eigenvalue weighted by atomic mass is 32.2. The van der Waals surface area contributed by atoms with E-state index in [1.165, 1.54) is 18.1 Å². The van der Waals surface area contributed by atoms with Gasteiger partial charge in [-0.2, -0.15) is 5.10 Å². The molecule has 0 radical (unpaired) electrons. The summed E-state index contributed by atoms with van der Waals surface area (Å²) in [7, 11) is 1.83. The standard InChI is InChI=1S/C12H15N5OS/c1-17-10(15-8-16-17)5-7-13-11(18)9-4-3-6-14-12(9)19-2/h3-4,6,8H,5,7H2,1-2H3,(H,13,18). The van der Waals surface area contributed by atoms with E-state index in [0.717, 1.165) is 10.9 Å². The van der Waals surface area contributed by atoms with Gasteiger partial charge >= 0.3 is 0 Å². The van der Waals surface area contributed by atoms with Gasteiger partial charge in [0, 0.05) is 26.2 Å². The smallest absolute Gasteiger partial charge is 0.254 e. The number of nitrogens with one attached hydrogen (secondary N) is 1. The van der Waals surface area contributed by atoms with Crippen LogP contribution < -0.4 is 5.32 Å². The lowest BCUT2D eigenvalue weighted by Crippen LogP contribution is -2.27. The van der Waals surface area contributed by atoms with Crippen LogP contribution in [0, 0.1) is 0 Å². The van der Waals surface area contributed by atoms with Crippen molar-refractivity contribution in [3.8, 4) is 0 Å². The minimum Gasteiger partial charge on any atom is -0.352 e. The van der Waals surface area contributed by atoms with Gasteiger partial charge in [-0.15, -0.1) is 11.8 Å². The molecule has 0 aliphatic rings. The van der Waals surface area contributed by atoms with E-state index in [4.69, 9.17) is 0 Å². The van der Waals surface area contributed by atoms with E-state index in [0.29, 0.717) is 18.5 Å². The third kappa shape index (κ3) is 3.31. The number of hydrogen-bond donors (Lipinski definition) is 1. The maximum absolute atomic E-state index is 12.0. The van der Waals surface area contributed by atoms with Crippen molar-refractivity contribution in [3.05, 3.63) is 36.0 Å². The SMILES string of the molecule is CSc1ncccc1C(=O)NCCc1ncnn1C. The number of thioether (sulfide) groups is 1. The number of hydrogen-bond acceptors (Lipinski definition) is 5. The molecule has 0 saturated carbocycles. The number of aryl methyl sites for hydroxylation is 1. The molecule has 7 heteroatoms. The van der Waals surface area contributed by atoms with E-state index in [-0.39, 0.29) is 5.91 Å². The van der Waals surface area contributed by atoms with Gasteiger partial charge in [0.2, 0.25) is 0 Å². The maximum Gasteiger partial charge on any atom is 0.254 e. The number of aromatic nitrogens is 4. The number of nitrogens with zero attached hydrogens (tertiary/aromatic N) is 4. The Morgan fingerprint density at radius 2 is 2.32 bits per heavy atom. The average molecular weight is 277 g/mol. The minimum absolute atomic E-state index is 0.111. The van der Waals surface area contributed by atoms with E-state index in [9.17, 15) is 4.79 Å². The van der Waals surface area contributed by atoms with Crippen molar-refractivity contribution in [1.82, 2.24) is 25.1 Å². The molecule has 1 N–H and O–H groups in total. The molecular weight excluding hydrogens is 262 g/mol. The van der Waals surface area contributed by atoms with Crippen LogP contribution in [0.5, 0.6) is 0 Å². The van der Waals surface area contributed by atoms with Crippen LogP contribution in [-0.4, -0.2) is 38.5 Å². The third-order valence-corrected chi connectivity index (χ3v) is 3.36. The molecule has 2 heterocycles. The van der Waals surface area contributed by atoms with E-state index < -0.39 is 0 Å². The molecule has 0 aliphatic heterocycles. The zero-order valence-electron chi connectivity index (χ0n) is 10.8. The monoisotopic (exact) mass is 277 g/mol. The maximum atomic E-state index is 12.0. The predicted molar refractivity (Wildman–Crippen MR) is 73.1 cm³/mol. The summed E-state index contributed by atoms with van der Waals surface area (Å²) >= 11 is 1.46. The summed E-state index contributed by atoms with van der Waals surface area (Å²) in [5.74, 6) is 0.733. The number of carbonyl (C=O) groups is 1. The lowest BCUT2D eigenvalue weighted by Gasteiger charge is -2.07. The van der Waals surface area contributed by atoms with Crippen LogP contribution in [0.25, 0.3) is 0 Å². The number of amides is 1. The molecule has 0 unspecified atom stereocenters. The van der Waals surface area contributed by atoms with Crippen molar-refractivity contribution in [1.29, 1.82) is 0 Å². The van der Waals surface area contributed by atoms with Crippen molar-refractivity contribution in [3.63, 3.8) is 0 Å². The fraction of sp³-hybridized carbons (Fsp3) is 0.333. The molecule has 0 fully saturated rings. The van der Waals surface area contributed by atoms with Crippen molar-refractivity contribution >= 4 is 17.7 Å². The summed E-state index contributed by atoms with van der Waals surface area (Å²) in [4.78, 5) is 20.3. The van der Waals surface area contributed by atoms with Gasteiger partial charge in [-0.05, 0) is 18.4 Å². The highest BCUT2D eigenvalue weighted by molar-refractivity contribution is 7.98. The van der Waals surface area contributed by atoms with Gasteiger partial charge in [0.15, 0.2) is 0 Å². The third-order valence-electron chi connectivity index (χ3n) is 2.65. The Hall–Kier alpha value is -1.89. The molecule has 2 aromatic rings. The topological polar surface area (TPSA) is 72.7 Å². The van der Waals surface area contributed by atoms with Crippen LogP contribution in [0.3, 0.4) is 0 Å². The lowest BCUT2D eigenvalue weighted by molar-refractivity contribution is 0.0950.